The Balaban J connectivity index is 2.28. The van der Waals surface area contributed by atoms with Crippen LogP contribution in [0.4, 0.5) is 10.1 Å². The molecule has 0 spiro atoms. The van der Waals surface area contributed by atoms with Crippen molar-refractivity contribution in [2.24, 2.45) is 11.8 Å². The summed E-state index contributed by atoms with van der Waals surface area (Å²) in [6.07, 6.45) is 1.41. The first-order valence-electron chi connectivity index (χ1n) is 7.03. The van der Waals surface area contributed by atoms with Crippen molar-refractivity contribution in [1.29, 1.82) is 0 Å². The third-order valence-corrected chi connectivity index (χ3v) is 3.80. The molecule has 2 rings (SSSR count). The summed E-state index contributed by atoms with van der Waals surface area (Å²) in [6.45, 7) is 6.00. The molecular formula is C16H20FNO2. The molecule has 3 nitrogen and oxygen atoms in total. The van der Waals surface area contributed by atoms with E-state index in [-0.39, 0.29) is 23.4 Å². The van der Waals surface area contributed by atoms with Gasteiger partial charge in [-0.3, -0.25) is 9.59 Å². The molecule has 1 aliphatic rings. The third kappa shape index (κ3) is 2.74. The number of carbonyl (C=O) groups excluding carboxylic acids is 2. The second-order valence-corrected chi connectivity index (χ2v) is 5.67. The smallest absolute Gasteiger partial charge is 0.237 e. The molecule has 0 bridgehead atoms. The molecule has 1 heterocycles. The van der Waals surface area contributed by atoms with Gasteiger partial charge >= 0.3 is 0 Å². The first-order valence-corrected chi connectivity index (χ1v) is 7.03. The Bertz CT molecular complexity index is 539. The maximum absolute atomic E-state index is 13.2. The van der Waals surface area contributed by atoms with E-state index in [4.69, 9.17) is 0 Å². The Morgan fingerprint density at radius 1 is 1.40 bits per heavy atom. The van der Waals surface area contributed by atoms with Crippen molar-refractivity contribution in [3.8, 4) is 0 Å². The van der Waals surface area contributed by atoms with E-state index >= 15 is 0 Å². The molecule has 1 amide bonds. The zero-order valence-corrected chi connectivity index (χ0v) is 12.1. The van der Waals surface area contributed by atoms with E-state index in [2.05, 4.69) is 0 Å². The summed E-state index contributed by atoms with van der Waals surface area (Å²) in [4.78, 5) is 26.3. The molecule has 0 radical (unpaired) electrons. The first kappa shape index (κ1) is 14.7. The van der Waals surface area contributed by atoms with Gasteiger partial charge in [0.25, 0.3) is 0 Å². The van der Waals surface area contributed by atoms with Crippen LogP contribution in [0.1, 0.15) is 32.3 Å². The summed E-state index contributed by atoms with van der Waals surface area (Å²) in [5.74, 6) is -1.15. The fourth-order valence-electron chi connectivity index (χ4n) is 2.70. The van der Waals surface area contributed by atoms with E-state index in [1.54, 1.807) is 17.9 Å². The standard InChI is InChI=1S/C16H20FNO2/c1-10(2)15(19)13-5-4-8-18(16(13)20)14-7-6-12(17)9-11(14)3/h6-7,9-10,13H,4-5,8H2,1-3H3/t13-/m1/s1. The second-order valence-electron chi connectivity index (χ2n) is 5.67. The number of carbonyl (C=O) groups is 2. The van der Waals surface area contributed by atoms with Gasteiger partial charge in [0.1, 0.15) is 11.6 Å². The van der Waals surface area contributed by atoms with Crippen LogP contribution in [0.3, 0.4) is 0 Å². The Labute approximate surface area is 118 Å². The van der Waals surface area contributed by atoms with Gasteiger partial charge in [-0.1, -0.05) is 13.8 Å². The molecule has 0 unspecified atom stereocenters. The van der Waals surface area contributed by atoms with E-state index in [1.807, 2.05) is 13.8 Å². The number of hydrogen-bond acceptors (Lipinski definition) is 2. The van der Waals surface area contributed by atoms with Gasteiger partial charge in [0.2, 0.25) is 5.91 Å². The van der Waals surface area contributed by atoms with Gasteiger partial charge < -0.3 is 4.90 Å². The molecule has 0 aromatic heterocycles. The molecule has 1 atom stereocenters. The second kappa shape index (κ2) is 5.73. The molecule has 0 saturated carbocycles. The number of hydrogen-bond donors (Lipinski definition) is 0. The topological polar surface area (TPSA) is 37.4 Å². The largest absolute Gasteiger partial charge is 0.312 e. The maximum Gasteiger partial charge on any atom is 0.237 e. The average Bonchev–Trinajstić information content (AvgIpc) is 2.39. The van der Waals surface area contributed by atoms with Crippen molar-refractivity contribution >= 4 is 17.4 Å². The number of halogens is 1. The highest BCUT2D eigenvalue weighted by Gasteiger charge is 2.35. The van der Waals surface area contributed by atoms with E-state index in [0.717, 1.165) is 12.0 Å². The molecule has 1 aromatic rings. The summed E-state index contributed by atoms with van der Waals surface area (Å²) < 4.78 is 13.2. The van der Waals surface area contributed by atoms with Gasteiger partial charge in [0.15, 0.2) is 0 Å². The number of nitrogens with zero attached hydrogens (tertiary/aromatic N) is 1. The quantitative estimate of drug-likeness (QED) is 0.796. The number of Topliss-reactive ketones (excluding diaryl/α,β-unsaturated/α-hetero) is 1. The van der Waals surface area contributed by atoms with Gasteiger partial charge in [-0.15, -0.1) is 0 Å². The molecule has 20 heavy (non-hydrogen) atoms. The molecule has 1 saturated heterocycles. The molecule has 1 aromatic carbocycles. The molecule has 1 fully saturated rings. The highest BCUT2D eigenvalue weighted by molar-refractivity contribution is 6.09. The Kier molecular flexibility index (Phi) is 4.21. The SMILES string of the molecule is Cc1cc(F)ccc1N1CCC[C@H](C(=O)C(C)C)C1=O. The average molecular weight is 277 g/mol. The molecule has 0 aliphatic carbocycles. The number of ketones is 1. The zero-order chi connectivity index (χ0) is 14.9. The lowest BCUT2D eigenvalue weighted by molar-refractivity contribution is -0.135. The predicted octanol–water partition coefficient (Wildman–Crippen LogP) is 3.10. The van der Waals surface area contributed by atoms with Gasteiger partial charge in [0.05, 0.1) is 5.92 Å². The van der Waals surface area contributed by atoms with Gasteiger partial charge in [0, 0.05) is 18.2 Å². The van der Waals surface area contributed by atoms with Crippen molar-refractivity contribution < 1.29 is 14.0 Å². The minimum atomic E-state index is -0.548. The number of piperidine rings is 1. The van der Waals surface area contributed by atoms with Crippen LogP contribution in [0.5, 0.6) is 0 Å². The van der Waals surface area contributed by atoms with Crippen molar-refractivity contribution in [2.45, 2.75) is 33.6 Å². The molecule has 4 heteroatoms. The minimum absolute atomic E-state index is 0.000496. The van der Waals surface area contributed by atoms with Crippen molar-refractivity contribution in [3.05, 3.63) is 29.6 Å². The summed E-state index contributed by atoms with van der Waals surface area (Å²) >= 11 is 0. The van der Waals surface area contributed by atoms with E-state index < -0.39 is 5.92 Å². The predicted molar refractivity (Wildman–Crippen MR) is 76.1 cm³/mol. The maximum atomic E-state index is 13.2. The number of aryl methyl sites for hydroxylation is 1. The number of benzene rings is 1. The molecular weight excluding hydrogens is 257 g/mol. The summed E-state index contributed by atoms with van der Waals surface area (Å²) in [6, 6.07) is 4.38. The van der Waals surface area contributed by atoms with Gasteiger partial charge in [-0.2, -0.15) is 0 Å². The van der Waals surface area contributed by atoms with Crippen molar-refractivity contribution in [2.75, 3.05) is 11.4 Å². The Morgan fingerprint density at radius 3 is 2.70 bits per heavy atom. The van der Waals surface area contributed by atoms with Crippen LogP contribution in [0.15, 0.2) is 18.2 Å². The lowest BCUT2D eigenvalue weighted by Crippen LogP contribution is -2.45. The van der Waals surface area contributed by atoms with Gasteiger partial charge in [-0.05, 0) is 43.5 Å². The van der Waals surface area contributed by atoms with Crippen LogP contribution >= 0.6 is 0 Å². The van der Waals surface area contributed by atoms with Crippen molar-refractivity contribution in [1.82, 2.24) is 0 Å². The third-order valence-electron chi connectivity index (χ3n) is 3.80. The number of amides is 1. The van der Waals surface area contributed by atoms with Crippen LogP contribution in [0.25, 0.3) is 0 Å². The van der Waals surface area contributed by atoms with Crippen LogP contribution < -0.4 is 4.90 Å². The van der Waals surface area contributed by atoms with Crippen LogP contribution in [-0.2, 0) is 9.59 Å². The van der Waals surface area contributed by atoms with Crippen LogP contribution in [-0.4, -0.2) is 18.2 Å². The minimum Gasteiger partial charge on any atom is -0.312 e. The zero-order valence-electron chi connectivity index (χ0n) is 12.1. The fraction of sp³-hybridized carbons (Fsp3) is 0.500. The number of anilines is 1. The summed E-state index contributed by atoms with van der Waals surface area (Å²) in [7, 11) is 0. The Morgan fingerprint density at radius 2 is 2.10 bits per heavy atom. The molecule has 108 valence electrons. The van der Waals surface area contributed by atoms with Gasteiger partial charge in [-0.25, -0.2) is 4.39 Å². The van der Waals surface area contributed by atoms with E-state index in [1.165, 1.54) is 12.1 Å². The normalized spacial score (nSPS) is 19.6. The molecule has 0 N–H and O–H groups in total. The lowest BCUT2D eigenvalue weighted by atomic mass is 9.87. The Hall–Kier alpha value is -1.71. The fourth-order valence-corrected chi connectivity index (χ4v) is 2.70. The van der Waals surface area contributed by atoms with E-state index in [9.17, 15) is 14.0 Å². The first-order chi connectivity index (χ1) is 9.41. The monoisotopic (exact) mass is 277 g/mol. The number of rotatable bonds is 3. The summed E-state index contributed by atoms with van der Waals surface area (Å²) in [5.41, 5.74) is 1.42. The van der Waals surface area contributed by atoms with Crippen LogP contribution in [0.2, 0.25) is 0 Å². The highest BCUT2D eigenvalue weighted by atomic mass is 19.1. The summed E-state index contributed by atoms with van der Waals surface area (Å²) in [5, 5.41) is 0. The van der Waals surface area contributed by atoms with Crippen LogP contribution in [0, 0.1) is 24.6 Å². The van der Waals surface area contributed by atoms with Crippen molar-refractivity contribution in [3.63, 3.8) is 0 Å². The highest BCUT2D eigenvalue weighted by Crippen LogP contribution is 2.29. The lowest BCUT2D eigenvalue weighted by Gasteiger charge is -2.33. The molecule has 1 aliphatic heterocycles. The van der Waals surface area contributed by atoms with E-state index in [0.29, 0.717) is 18.7 Å².